The Hall–Kier alpha value is -2.93. The van der Waals surface area contributed by atoms with Crippen LogP contribution >= 0.6 is 11.8 Å². The number of hydrogen-bond acceptors (Lipinski definition) is 5. The molecule has 6 nitrogen and oxygen atoms in total. The molecule has 0 saturated heterocycles. The van der Waals surface area contributed by atoms with E-state index in [4.69, 9.17) is 0 Å². The lowest BCUT2D eigenvalue weighted by Gasteiger charge is -2.12. The Bertz CT molecular complexity index is 1260. The molecule has 0 fully saturated rings. The highest BCUT2D eigenvalue weighted by Gasteiger charge is 2.19. The van der Waals surface area contributed by atoms with E-state index in [-0.39, 0.29) is 5.78 Å². The van der Waals surface area contributed by atoms with Gasteiger partial charge < -0.3 is 4.57 Å². The van der Waals surface area contributed by atoms with Crippen LogP contribution in [0.2, 0.25) is 0 Å². The lowest BCUT2D eigenvalue weighted by Crippen LogP contribution is -2.07. The van der Waals surface area contributed by atoms with Crippen LogP contribution in [-0.4, -0.2) is 35.7 Å². The molecule has 7 heteroatoms. The lowest BCUT2D eigenvalue weighted by atomic mass is 10.1. The number of ketones is 1. The number of nitrogens with zero attached hydrogens (tertiary/aromatic N) is 5. The summed E-state index contributed by atoms with van der Waals surface area (Å²) in [6, 6.07) is 10.4. The molecular formula is C23H25N5OS. The van der Waals surface area contributed by atoms with Gasteiger partial charge in [-0.15, -0.1) is 10.2 Å². The number of rotatable bonds is 5. The molecule has 154 valence electrons. The van der Waals surface area contributed by atoms with Gasteiger partial charge in [-0.05, 0) is 76.9 Å². The van der Waals surface area contributed by atoms with Gasteiger partial charge in [-0.1, -0.05) is 17.8 Å². The Balaban J connectivity index is 1.61. The fraction of sp³-hybridized carbons (Fsp3) is 0.304. The number of aryl methyl sites for hydroxylation is 5. The van der Waals surface area contributed by atoms with E-state index in [1.165, 1.54) is 22.9 Å². The highest BCUT2D eigenvalue weighted by Crippen LogP contribution is 2.25. The summed E-state index contributed by atoms with van der Waals surface area (Å²) in [7, 11) is 0. The summed E-state index contributed by atoms with van der Waals surface area (Å²) in [6.45, 7) is 12.2. The molecule has 0 amide bonds. The third-order valence-corrected chi connectivity index (χ3v) is 6.12. The van der Waals surface area contributed by atoms with Gasteiger partial charge in [-0.3, -0.25) is 9.20 Å². The summed E-state index contributed by atoms with van der Waals surface area (Å²) >= 11 is 1.39. The lowest BCUT2D eigenvalue weighted by molar-refractivity contribution is 0.102. The summed E-state index contributed by atoms with van der Waals surface area (Å²) in [6.07, 6.45) is 0. The van der Waals surface area contributed by atoms with Gasteiger partial charge in [0.2, 0.25) is 0 Å². The molecule has 1 aromatic carbocycles. The number of aromatic nitrogens is 5. The molecule has 0 unspecified atom stereocenters. The van der Waals surface area contributed by atoms with Gasteiger partial charge >= 0.3 is 0 Å². The third kappa shape index (κ3) is 3.65. The van der Waals surface area contributed by atoms with Crippen LogP contribution < -0.4 is 0 Å². The predicted molar refractivity (Wildman–Crippen MR) is 120 cm³/mol. The molecule has 3 heterocycles. The van der Waals surface area contributed by atoms with E-state index in [0.29, 0.717) is 16.7 Å². The third-order valence-electron chi connectivity index (χ3n) is 5.19. The van der Waals surface area contributed by atoms with Crippen molar-refractivity contribution in [2.75, 3.05) is 5.75 Å². The van der Waals surface area contributed by atoms with Crippen molar-refractivity contribution in [3.8, 4) is 5.69 Å². The Kier molecular flexibility index (Phi) is 5.24. The predicted octanol–water partition coefficient (Wildman–Crippen LogP) is 4.74. The molecule has 0 N–H and O–H groups in total. The van der Waals surface area contributed by atoms with Crippen molar-refractivity contribution in [3.05, 3.63) is 69.8 Å². The van der Waals surface area contributed by atoms with Crippen LogP contribution in [0.1, 0.15) is 44.3 Å². The second-order valence-corrected chi connectivity index (χ2v) is 8.78. The SMILES string of the molecule is Cc1cc(C)cc(-n2c(C)cc(C(=O)CSc3nnc4nc(C)cc(C)n34)c2C)c1. The summed E-state index contributed by atoms with van der Waals surface area (Å²) in [4.78, 5) is 17.5. The van der Waals surface area contributed by atoms with Gasteiger partial charge in [0.05, 0.1) is 5.75 Å². The smallest absolute Gasteiger partial charge is 0.256 e. The molecule has 0 aliphatic rings. The van der Waals surface area contributed by atoms with Gasteiger partial charge in [-0.2, -0.15) is 0 Å². The summed E-state index contributed by atoms with van der Waals surface area (Å²) in [5, 5.41) is 9.07. The largest absolute Gasteiger partial charge is 0.318 e. The van der Waals surface area contributed by atoms with E-state index < -0.39 is 0 Å². The number of carbonyl (C=O) groups excluding carboxylic acids is 1. The highest BCUT2D eigenvalue weighted by molar-refractivity contribution is 7.99. The van der Waals surface area contributed by atoms with Crippen molar-refractivity contribution in [1.82, 2.24) is 24.1 Å². The molecule has 0 spiro atoms. The first-order valence-electron chi connectivity index (χ1n) is 9.87. The van der Waals surface area contributed by atoms with Crippen LogP contribution in [0.25, 0.3) is 11.5 Å². The fourth-order valence-electron chi connectivity index (χ4n) is 4.02. The van der Waals surface area contributed by atoms with Crippen LogP contribution in [0.3, 0.4) is 0 Å². The number of hydrogen-bond donors (Lipinski definition) is 0. The topological polar surface area (TPSA) is 65.1 Å². The fourth-order valence-corrected chi connectivity index (χ4v) is 4.89. The summed E-state index contributed by atoms with van der Waals surface area (Å²) in [5.41, 5.74) is 8.17. The second kappa shape index (κ2) is 7.72. The molecule has 0 aliphatic heterocycles. The standard InChI is InChI=1S/C23H25N5OS/c1-13-7-14(2)9-19(8-13)27-17(5)11-20(18(27)6)21(29)12-30-23-26-25-22-24-15(3)10-16(4)28(22)23/h7-11H,12H2,1-6H3. The monoisotopic (exact) mass is 419 g/mol. The number of fused-ring (bicyclic) bond motifs is 1. The number of Topliss-reactive ketones (excluding diaryl/α,β-unsaturated/α-hetero) is 1. The molecule has 30 heavy (non-hydrogen) atoms. The Morgan fingerprint density at radius 1 is 0.900 bits per heavy atom. The van der Waals surface area contributed by atoms with Gasteiger partial charge in [0.25, 0.3) is 5.78 Å². The maximum absolute atomic E-state index is 13.1. The molecule has 4 aromatic rings. The van der Waals surface area contributed by atoms with Crippen molar-refractivity contribution < 1.29 is 4.79 Å². The van der Waals surface area contributed by atoms with Gasteiger partial charge in [0.1, 0.15) is 0 Å². The normalized spacial score (nSPS) is 11.4. The van der Waals surface area contributed by atoms with Gasteiger partial charge in [0, 0.05) is 34.0 Å². The summed E-state index contributed by atoms with van der Waals surface area (Å²) < 4.78 is 4.05. The van der Waals surface area contributed by atoms with Crippen molar-refractivity contribution in [3.63, 3.8) is 0 Å². The van der Waals surface area contributed by atoms with Gasteiger partial charge in [-0.25, -0.2) is 4.98 Å². The Labute approximate surface area is 180 Å². The average Bonchev–Trinajstić information content (AvgIpc) is 3.19. The zero-order valence-corrected chi connectivity index (χ0v) is 19.0. The van der Waals surface area contributed by atoms with E-state index in [1.54, 1.807) is 0 Å². The molecule has 4 rings (SSSR count). The van der Waals surface area contributed by atoms with E-state index >= 15 is 0 Å². The zero-order chi connectivity index (χ0) is 21.6. The molecule has 3 aromatic heterocycles. The van der Waals surface area contributed by atoms with Crippen molar-refractivity contribution >= 4 is 23.3 Å². The van der Waals surface area contributed by atoms with E-state index in [1.807, 2.05) is 44.2 Å². The zero-order valence-electron chi connectivity index (χ0n) is 18.1. The first-order valence-corrected chi connectivity index (χ1v) is 10.9. The number of thioether (sulfide) groups is 1. The minimum atomic E-state index is 0.0817. The van der Waals surface area contributed by atoms with Crippen LogP contribution in [0.4, 0.5) is 0 Å². The van der Waals surface area contributed by atoms with Gasteiger partial charge in [0.15, 0.2) is 10.9 Å². The molecular weight excluding hydrogens is 394 g/mol. The van der Waals surface area contributed by atoms with Crippen molar-refractivity contribution in [2.24, 2.45) is 0 Å². The average molecular weight is 420 g/mol. The quantitative estimate of drug-likeness (QED) is 0.345. The van der Waals surface area contributed by atoms with E-state index in [0.717, 1.165) is 34.0 Å². The molecule has 0 radical (unpaired) electrons. The summed E-state index contributed by atoms with van der Waals surface area (Å²) in [5.74, 6) is 0.944. The minimum absolute atomic E-state index is 0.0817. The second-order valence-electron chi connectivity index (χ2n) is 7.83. The van der Waals surface area contributed by atoms with Crippen LogP contribution in [0.15, 0.2) is 35.5 Å². The van der Waals surface area contributed by atoms with Crippen LogP contribution in [-0.2, 0) is 0 Å². The molecule has 0 bridgehead atoms. The molecule has 0 saturated carbocycles. The van der Waals surface area contributed by atoms with Crippen LogP contribution in [0.5, 0.6) is 0 Å². The van der Waals surface area contributed by atoms with Crippen molar-refractivity contribution in [1.29, 1.82) is 0 Å². The van der Waals surface area contributed by atoms with E-state index in [9.17, 15) is 4.79 Å². The first kappa shape index (κ1) is 20.3. The Morgan fingerprint density at radius 3 is 2.30 bits per heavy atom. The maximum Gasteiger partial charge on any atom is 0.256 e. The minimum Gasteiger partial charge on any atom is -0.318 e. The van der Waals surface area contributed by atoms with E-state index in [2.05, 4.69) is 51.8 Å². The number of benzene rings is 1. The maximum atomic E-state index is 13.1. The Morgan fingerprint density at radius 2 is 1.60 bits per heavy atom. The molecule has 0 atom stereocenters. The number of carbonyl (C=O) groups is 1. The highest BCUT2D eigenvalue weighted by atomic mass is 32.2. The first-order chi connectivity index (χ1) is 14.2. The molecule has 0 aliphatic carbocycles. The van der Waals surface area contributed by atoms with Crippen molar-refractivity contribution in [2.45, 2.75) is 46.7 Å². The van der Waals surface area contributed by atoms with Crippen LogP contribution in [0, 0.1) is 41.5 Å².